The number of guanidine groups is 1. The molecule has 2 aromatic heterocycles. The zero-order valence-corrected chi connectivity index (χ0v) is 16.6. The van der Waals surface area contributed by atoms with Crippen LogP contribution in [0.2, 0.25) is 0 Å². The third kappa shape index (κ3) is 4.81. The number of aliphatic imine (C=N–C) groups is 1. The Morgan fingerprint density at radius 1 is 1.29 bits per heavy atom. The van der Waals surface area contributed by atoms with Crippen LogP contribution in [0.5, 0.6) is 0 Å². The van der Waals surface area contributed by atoms with Crippen molar-refractivity contribution >= 4 is 47.0 Å². The molecule has 0 atom stereocenters. The summed E-state index contributed by atoms with van der Waals surface area (Å²) in [6.07, 6.45) is 1.61. The first-order chi connectivity index (χ1) is 11.1. The molecule has 0 aliphatic heterocycles. The molecule has 0 aliphatic rings. The number of nitrogens with two attached hydrogens (primary N) is 1. The molecule has 1 aromatic carbocycles. The molecule has 0 amide bonds. The second-order valence-corrected chi connectivity index (χ2v) is 6.27. The van der Waals surface area contributed by atoms with Crippen molar-refractivity contribution in [3.63, 3.8) is 0 Å². The number of halogens is 1. The second-order valence-electron chi connectivity index (χ2n) is 5.32. The fraction of sp³-hybridized carbons (Fsp3) is 0.176. The number of thiophene rings is 1. The molecule has 0 saturated heterocycles. The highest BCUT2D eigenvalue weighted by Gasteiger charge is 2.07. The third-order valence-corrected chi connectivity index (χ3v) is 4.05. The van der Waals surface area contributed by atoms with Gasteiger partial charge in [0.1, 0.15) is 12.0 Å². The number of anilines is 1. The van der Waals surface area contributed by atoms with Crippen molar-refractivity contribution in [2.45, 2.75) is 20.4 Å². The van der Waals surface area contributed by atoms with Crippen molar-refractivity contribution < 1.29 is 4.42 Å². The van der Waals surface area contributed by atoms with Gasteiger partial charge in [-0.1, -0.05) is 12.1 Å². The molecule has 0 saturated carbocycles. The topological polar surface area (TPSA) is 76.4 Å². The monoisotopic (exact) mass is 454 g/mol. The van der Waals surface area contributed by atoms with Crippen LogP contribution in [0.3, 0.4) is 0 Å². The molecule has 2 heterocycles. The summed E-state index contributed by atoms with van der Waals surface area (Å²) in [6, 6.07) is 10.1. The first-order valence-corrected chi connectivity index (χ1v) is 8.11. The zero-order chi connectivity index (χ0) is 16.2. The van der Waals surface area contributed by atoms with E-state index in [9.17, 15) is 0 Å². The van der Waals surface area contributed by atoms with Gasteiger partial charge in [0.2, 0.25) is 5.89 Å². The fourth-order valence-corrected chi connectivity index (χ4v) is 2.95. The molecule has 3 N–H and O–H groups in total. The van der Waals surface area contributed by atoms with E-state index in [0.29, 0.717) is 18.4 Å². The number of hydrogen-bond acceptors (Lipinski definition) is 4. The lowest BCUT2D eigenvalue weighted by atomic mass is 10.1. The summed E-state index contributed by atoms with van der Waals surface area (Å²) >= 11 is 1.59. The molecule has 0 aliphatic carbocycles. The largest absolute Gasteiger partial charge is 0.443 e. The van der Waals surface area contributed by atoms with Crippen LogP contribution in [-0.2, 0) is 6.54 Å². The number of oxazole rings is 1. The fourth-order valence-electron chi connectivity index (χ4n) is 2.29. The molecule has 24 heavy (non-hydrogen) atoms. The lowest BCUT2D eigenvalue weighted by Crippen LogP contribution is -2.22. The standard InChI is InChI=1S/C17H18N4OS.HI/c1-11-6-12(2)8-13(7-11)21-17(18)19-9-14-10-22-16(20-14)15-4-3-5-23-15;/h3-8,10H,9H2,1-2H3,(H3,18,19,21);1H. The van der Waals surface area contributed by atoms with Crippen LogP contribution < -0.4 is 11.1 Å². The van der Waals surface area contributed by atoms with E-state index in [4.69, 9.17) is 10.2 Å². The van der Waals surface area contributed by atoms with E-state index in [1.807, 2.05) is 43.5 Å². The highest BCUT2D eigenvalue weighted by molar-refractivity contribution is 14.0. The van der Waals surface area contributed by atoms with Gasteiger partial charge in [0, 0.05) is 5.69 Å². The molecule has 7 heteroatoms. The van der Waals surface area contributed by atoms with Crippen LogP contribution in [0.1, 0.15) is 16.8 Å². The van der Waals surface area contributed by atoms with Crippen LogP contribution in [-0.4, -0.2) is 10.9 Å². The summed E-state index contributed by atoms with van der Waals surface area (Å²) in [7, 11) is 0. The Hall–Kier alpha value is -1.87. The summed E-state index contributed by atoms with van der Waals surface area (Å²) in [4.78, 5) is 9.72. The van der Waals surface area contributed by atoms with Gasteiger partial charge in [0.15, 0.2) is 5.96 Å². The average Bonchev–Trinajstić information content (AvgIpc) is 3.15. The van der Waals surface area contributed by atoms with E-state index in [2.05, 4.69) is 21.4 Å². The quantitative estimate of drug-likeness (QED) is 0.344. The highest BCUT2D eigenvalue weighted by Crippen LogP contribution is 2.23. The van der Waals surface area contributed by atoms with Gasteiger partial charge in [0.05, 0.1) is 11.4 Å². The third-order valence-electron chi connectivity index (χ3n) is 3.19. The van der Waals surface area contributed by atoms with Crippen molar-refractivity contribution in [3.05, 3.63) is 58.8 Å². The molecule has 126 valence electrons. The SMILES string of the molecule is Cc1cc(C)cc(NC(N)=NCc2coc(-c3cccs3)n2)c1.I. The molecule has 5 nitrogen and oxygen atoms in total. The minimum absolute atomic E-state index is 0. The number of nitrogens with zero attached hydrogens (tertiary/aromatic N) is 2. The molecular weight excluding hydrogens is 435 g/mol. The Bertz CT molecular complexity index is 807. The van der Waals surface area contributed by atoms with Crippen molar-refractivity contribution in [3.8, 4) is 10.8 Å². The Morgan fingerprint density at radius 2 is 2.04 bits per heavy atom. The van der Waals surface area contributed by atoms with Gasteiger partial charge >= 0.3 is 0 Å². The van der Waals surface area contributed by atoms with Gasteiger partial charge in [-0.3, -0.25) is 0 Å². The van der Waals surface area contributed by atoms with E-state index in [1.54, 1.807) is 17.6 Å². The predicted molar refractivity (Wildman–Crippen MR) is 110 cm³/mol. The lowest BCUT2D eigenvalue weighted by Gasteiger charge is -2.07. The molecule has 3 rings (SSSR count). The first kappa shape index (κ1) is 18.5. The molecule has 0 fully saturated rings. The molecule has 0 radical (unpaired) electrons. The van der Waals surface area contributed by atoms with Crippen LogP contribution in [0.25, 0.3) is 10.8 Å². The molecule has 0 spiro atoms. The Kier molecular flexibility index (Phi) is 6.38. The molecule has 3 aromatic rings. The molecular formula is C17H19IN4OS. The molecule has 0 bridgehead atoms. The maximum atomic E-state index is 5.94. The summed E-state index contributed by atoms with van der Waals surface area (Å²) < 4.78 is 5.46. The number of aryl methyl sites for hydroxylation is 2. The predicted octanol–water partition coefficient (Wildman–Crippen LogP) is 4.56. The number of benzene rings is 1. The Morgan fingerprint density at radius 3 is 2.71 bits per heavy atom. The van der Waals surface area contributed by atoms with E-state index in [-0.39, 0.29) is 24.0 Å². The van der Waals surface area contributed by atoms with E-state index >= 15 is 0 Å². The van der Waals surface area contributed by atoms with Gasteiger partial charge in [-0.15, -0.1) is 35.3 Å². The van der Waals surface area contributed by atoms with E-state index in [1.165, 1.54) is 11.1 Å². The van der Waals surface area contributed by atoms with Gasteiger partial charge < -0.3 is 15.5 Å². The van der Waals surface area contributed by atoms with Gasteiger partial charge in [-0.2, -0.15) is 0 Å². The summed E-state index contributed by atoms with van der Waals surface area (Å²) in [5.74, 6) is 0.974. The number of hydrogen-bond donors (Lipinski definition) is 2. The van der Waals surface area contributed by atoms with Crippen molar-refractivity contribution in [2.75, 3.05) is 5.32 Å². The van der Waals surface area contributed by atoms with Gasteiger partial charge in [0.25, 0.3) is 0 Å². The van der Waals surface area contributed by atoms with Crippen molar-refractivity contribution in [2.24, 2.45) is 10.7 Å². The maximum Gasteiger partial charge on any atom is 0.236 e. The summed E-state index contributed by atoms with van der Waals surface area (Å²) in [5, 5.41) is 5.09. The first-order valence-electron chi connectivity index (χ1n) is 7.23. The summed E-state index contributed by atoms with van der Waals surface area (Å²) in [6.45, 7) is 4.47. The smallest absolute Gasteiger partial charge is 0.236 e. The van der Waals surface area contributed by atoms with Crippen LogP contribution in [0.4, 0.5) is 5.69 Å². The van der Waals surface area contributed by atoms with Gasteiger partial charge in [-0.05, 0) is 48.6 Å². The minimum Gasteiger partial charge on any atom is -0.443 e. The van der Waals surface area contributed by atoms with E-state index in [0.717, 1.165) is 16.3 Å². The minimum atomic E-state index is 0. The number of nitrogens with one attached hydrogen (secondary N) is 1. The van der Waals surface area contributed by atoms with Gasteiger partial charge in [-0.25, -0.2) is 9.98 Å². The maximum absolute atomic E-state index is 5.94. The van der Waals surface area contributed by atoms with Crippen molar-refractivity contribution in [1.29, 1.82) is 0 Å². The van der Waals surface area contributed by atoms with Crippen LogP contribution >= 0.6 is 35.3 Å². The number of rotatable bonds is 4. The number of aromatic nitrogens is 1. The molecule has 0 unspecified atom stereocenters. The average molecular weight is 454 g/mol. The Balaban J connectivity index is 0.00000208. The van der Waals surface area contributed by atoms with Crippen LogP contribution in [0.15, 0.2) is 51.4 Å². The zero-order valence-electron chi connectivity index (χ0n) is 13.4. The highest BCUT2D eigenvalue weighted by atomic mass is 127. The summed E-state index contributed by atoms with van der Waals surface area (Å²) in [5.41, 5.74) is 9.98. The second kappa shape index (κ2) is 8.29. The Labute approximate surface area is 162 Å². The van der Waals surface area contributed by atoms with E-state index < -0.39 is 0 Å². The van der Waals surface area contributed by atoms with Crippen LogP contribution in [0, 0.1) is 13.8 Å². The normalized spacial score (nSPS) is 11.2. The van der Waals surface area contributed by atoms with Crippen molar-refractivity contribution in [1.82, 2.24) is 4.98 Å². The lowest BCUT2D eigenvalue weighted by molar-refractivity contribution is 0.574.